The lowest BCUT2D eigenvalue weighted by Crippen LogP contribution is -3.16. The summed E-state index contributed by atoms with van der Waals surface area (Å²) in [4.78, 5) is 39.9. The van der Waals surface area contributed by atoms with E-state index in [4.69, 9.17) is 48.5 Å². The number of carbonyl (C=O) groups is 1. The highest BCUT2D eigenvalue weighted by Gasteiger charge is 2.43. The summed E-state index contributed by atoms with van der Waals surface area (Å²) in [5.74, 6) is 0.529. The summed E-state index contributed by atoms with van der Waals surface area (Å²) in [5.41, 5.74) is 14.6. The molecule has 0 spiro atoms. The Morgan fingerprint density at radius 3 is 2.00 bits per heavy atom. The highest BCUT2D eigenvalue weighted by Crippen LogP contribution is 2.38. The largest absolute Gasteiger partial charge is 1.00 e. The molecule has 0 amide bonds. The fourth-order valence-electron chi connectivity index (χ4n) is 10.3. The van der Waals surface area contributed by atoms with Gasteiger partial charge < -0.3 is 53.7 Å². The molecule has 4 bridgehead atoms. The van der Waals surface area contributed by atoms with E-state index in [2.05, 4.69) is 44.3 Å². The van der Waals surface area contributed by atoms with Crippen LogP contribution in [0.4, 0.5) is 14.7 Å². The van der Waals surface area contributed by atoms with Gasteiger partial charge >= 0.3 is 17.6 Å². The van der Waals surface area contributed by atoms with Crippen molar-refractivity contribution >= 4 is 52.6 Å². The maximum Gasteiger partial charge on any atom is 0.338 e. The first-order chi connectivity index (χ1) is 32.7. The summed E-state index contributed by atoms with van der Waals surface area (Å²) >= 11 is 12.5. The van der Waals surface area contributed by atoms with Crippen LogP contribution in [0.25, 0.3) is 45.6 Å². The Morgan fingerprint density at radius 1 is 0.843 bits per heavy atom. The molecule has 11 rings (SSSR count). The predicted molar refractivity (Wildman–Crippen MR) is 256 cm³/mol. The summed E-state index contributed by atoms with van der Waals surface area (Å²) < 4.78 is 41.0. The molecule has 0 radical (unpaired) electrons. The Balaban J connectivity index is 0.000000166. The number of ketones is 1. The standard InChI is InChI=1S/C23H22ClFN6O.C16H13ClFN3O2.C9H18N4.2ClH/c1-30-15-3-4-16(30)12-14(11-15)27-22-26-7-6-19(28-22)21-20(29-23-31(21)8-9-32-23)17-5-2-13(25)10-18(17)24;1-20(2)6-5-13(22)15-14(19-16-21(15)7-8-23-16)11-4-3-10(18)9-12(11)17;1-13-7-2-3-8(13)5-6(4-7)12-9(10)11;;/h2,5-10,14-16H,3-4,11-12H2,1H3,(H,26,27,28);3-9H,1-2H3;6-8H,2-5H2,1H3,(H4,10,11,12);2*1H. The summed E-state index contributed by atoms with van der Waals surface area (Å²) in [6.07, 6.45) is 21.1. The summed E-state index contributed by atoms with van der Waals surface area (Å²) in [6, 6.07) is 13.8. The molecule has 4 fully saturated rings. The number of nitrogens with two attached hydrogens (primary N) is 2. The number of quaternary nitrogens is 1. The third-order valence-electron chi connectivity index (χ3n) is 13.6. The minimum atomic E-state index is -0.456. The Bertz CT molecular complexity index is 2980. The van der Waals surface area contributed by atoms with Crippen molar-refractivity contribution in [2.75, 3.05) is 33.5 Å². The number of rotatable bonds is 9. The number of guanidine groups is 1. The van der Waals surface area contributed by atoms with Gasteiger partial charge in [0.1, 0.15) is 46.9 Å². The Hall–Kier alpha value is -5.76. The van der Waals surface area contributed by atoms with Crippen LogP contribution in [0.3, 0.4) is 0 Å². The van der Waals surface area contributed by atoms with E-state index in [-0.39, 0.29) is 46.5 Å². The summed E-state index contributed by atoms with van der Waals surface area (Å²) in [6.45, 7) is 0. The Morgan fingerprint density at radius 2 is 1.41 bits per heavy atom. The lowest BCUT2D eigenvalue weighted by Gasteiger charge is -2.36. The SMILES string of the molecule is CN(C)C=CC(=O)c1c(-c2ccc(F)cc2Cl)nc2occn12.CN1C2CCC1CC(Nc1nccc(-c3c(-c4ccc(F)cc4Cl)nc4occn34)n1)C2.C[NH+]1C2CCC1CC([NH+]=C(N)N)C2.[Cl-].[Cl-]. The van der Waals surface area contributed by atoms with Gasteiger partial charge in [-0.2, -0.15) is 9.97 Å². The first-order valence-corrected chi connectivity index (χ1v) is 23.5. The quantitative estimate of drug-likeness (QED) is 0.0519. The zero-order chi connectivity index (χ0) is 47.8. The number of carbonyl (C=O) groups excluding carboxylic acids is 1. The number of piperidine rings is 2. The lowest BCUT2D eigenvalue weighted by atomic mass is 9.98. The van der Waals surface area contributed by atoms with Crippen molar-refractivity contribution in [1.82, 2.24) is 38.5 Å². The van der Waals surface area contributed by atoms with Crippen molar-refractivity contribution in [3.63, 3.8) is 0 Å². The van der Waals surface area contributed by atoms with Gasteiger partial charge in [0.05, 0.1) is 40.9 Å². The van der Waals surface area contributed by atoms with Gasteiger partial charge in [-0.25, -0.2) is 18.7 Å². The van der Waals surface area contributed by atoms with E-state index in [1.165, 1.54) is 85.6 Å². The lowest BCUT2D eigenvalue weighted by molar-refractivity contribution is -0.927. The van der Waals surface area contributed by atoms with Gasteiger partial charge in [0.15, 0.2) is 0 Å². The molecular weight excluding hydrogens is 986 g/mol. The van der Waals surface area contributed by atoms with Crippen LogP contribution >= 0.6 is 23.2 Å². The fourth-order valence-corrected chi connectivity index (χ4v) is 10.8. The second-order valence-corrected chi connectivity index (χ2v) is 19.0. The fraction of sp³-hybridized carbons (Fsp3) is 0.375. The molecule has 4 aliphatic rings. The molecule has 70 heavy (non-hydrogen) atoms. The zero-order valence-corrected chi connectivity index (χ0v) is 42.0. The molecule has 0 aliphatic carbocycles. The van der Waals surface area contributed by atoms with Gasteiger partial charge in [-0.1, -0.05) is 23.2 Å². The number of hydrogen-bond acceptors (Lipinski definition) is 10. The van der Waals surface area contributed by atoms with E-state index in [1.54, 1.807) is 46.9 Å². The summed E-state index contributed by atoms with van der Waals surface area (Å²) in [5, 5.41) is 4.00. The van der Waals surface area contributed by atoms with Crippen LogP contribution in [0, 0.1) is 11.6 Å². The molecule has 4 unspecified atom stereocenters. The van der Waals surface area contributed by atoms with Gasteiger partial charge in [0.25, 0.3) is 0 Å². The molecule has 4 atom stereocenters. The predicted octanol–water partition coefficient (Wildman–Crippen LogP) is -0.918. The average molecular weight is 1040 g/mol. The highest BCUT2D eigenvalue weighted by molar-refractivity contribution is 6.34. The number of allylic oxidation sites excluding steroid dienone is 1. The third kappa shape index (κ3) is 11.1. The maximum atomic E-state index is 13.6. The molecule has 5 aromatic heterocycles. The van der Waals surface area contributed by atoms with E-state index in [9.17, 15) is 13.6 Å². The van der Waals surface area contributed by atoms with Gasteiger partial charge in [-0.3, -0.25) is 30.1 Å². The Kier molecular flexibility index (Phi) is 16.5. The number of oxazole rings is 2. The molecule has 372 valence electrons. The van der Waals surface area contributed by atoms with Crippen molar-refractivity contribution in [2.24, 2.45) is 11.5 Å². The van der Waals surface area contributed by atoms with Crippen LogP contribution in [-0.2, 0) is 0 Å². The minimum absolute atomic E-state index is 0. The second-order valence-electron chi connectivity index (χ2n) is 18.2. The monoisotopic (exact) mass is 1040 g/mol. The number of nitrogens with one attached hydrogen (secondary N) is 3. The van der Waals surface area contributed by atoms with E-state index in [1.807, 2.05) is 24.6 Å². The van der Waals surface area contributed by atoms with Crippen LogP contribution < -0.4 is 51.5 Å². The molecule has 9 heterocycles. The van der Waals surface area contributed by atoms with Crippen LogP contribution in [-0.4, -0.2) is 115 Å². The van der Waals surface area contributed by atoms with E-state index >= 15 is 0 Å². The van der Waals surface area contributed by atoms with Gasteiger partial charge in [-0.05, 0) is 75.2 Å². The van der Waals surface area contributed by atoms with Gasteiger partial charge in [0, 0.05) is 99.9 Å². The van der Waals surface area contributed by atoms with E-state index < -0.39 is 11.6 Å². The number of imidazole rings is 2. The maximum absolute atomic E-state index is 13.6. The number of hydrogen-bond donors (Lipinski definition) is 5. The van der Waals surface area contributed by atoms with Crippen molar-refractivity contribution in [3.8, 4) is 33.9 Å². The van der Waals surface area contributed by atoms with Crippen molar-refractivity contribution in [1.29, 1.82) is 0 Å². The molecule has 4 aliphatic heterocycles. The highest BCUT2D eigenvalue weighted by atomic mass is 35.5. The van der Waals surface area contributed by atoms with Crippen molar-refractivity contribution in [3.05, 3.63) is 113 Å². The van der Waals surface area contributed by atoms with Gasteiger partial charge in [-0.15, -0.1) is 0 Å². The van der Waals surface area contributed by atoms with Crippen LogP contribution in [0.5, 0.6) is 0 Å². The van der Waals surface area contributed by atoms with Gasteiger partial charge in [0.2, 0.25) is 11.7 Å². The smallest absolute Gasteiger partial charge is 0.338 e. The number of aromatic nitrogens is 6. The first-order valence-electron chi connectivity index (χ1n) is 22.7. The normalized spacial score (nSPS) is 22.4. The molecular formula is C48H55Cl4F2N13O3. The van der Waals surface area contributed by atoms with E-state index in [0.717, 1.165) is 30.6 Å². The number of halogens is 6. The molecule has 2 aromatic carbocycles. The summed E-state index contributed by atoms with van der Waals surface area (Å²) in [7, 11) is 8.17. The van der Waals surface area contributed by atoms with Crippen LogP contribution in [0.15, 0.2) is 94.7 Å². The molecule has 16 nitrogen and oxygen atoms in total. The topological polar surface area (TPSA) is 193 Å². The number of fused-ring (bicyclic) bond motifs is 6. The molecule has 7 N–H and O–H groups in total. The average Bonchev–Trinajstić information content (AvgIpc) is 4.13. The molecule has 4 saturated heterocycles. The first kappa shape index (κ1) is 52.1. The van der Waals surface area contributed by atoms with Crippen molar-refractivity contribution in [2.45, 2.75) is 87.6 Å². The van der Waals surface area contributed by atoms with E-state index in [0.29, 0.717) is 75.8 Å². The number of benzene rings is 2. The molecule has 0 saturated carbocycles. The number of anilines is 1. The Labute approximate surface area is 426 Å². The minimum Gasteiger partial charge on any atom is -1.00 e. The van der Waals surface area contributed by atoms with Crippen LogP contribution in [0.2, 0.25) is 10.0 Å². The second kappa shape index (κ2) is 22.1. The number of nitrogens with zero attached hydrogens (tertiary/aromatic N) is 8. The molecule has 7 aromatic rings. The van der Waals surface area contributed by atoms with Crippen molar-refractivity contribution < 1.29 is 57.1 Å². The van der Waals surface area contributed by atoms with Crippen LogP contribution in [0.1, 0.15) is 61.9 Å². The molecule has 22 heteroatoms. The zero-order valence-electron chi connectivity index (χ0n) is 38.9. The third-order valence-corrected chi connectivity index (χ3v) is 14.3.